The van der Waals surface area contributed by atoms with Gasteiger partial charge in [-0.3, -0.25) is 0 Å². The van der Waals surface area contributed by atoms with Crippen molar-refractivity contribution in [1.29, 1.82) is 0 Å². The molecule has 146 valence electrons. The highest BCUT2D eigenvalue weighted by molar-refractivity contribution is 5.46. The lowest BCUT2D eigenvalue weighted by atomic mass is 9.84. The Bertz CT molecular complexity index is 757. The van der Waals surface area contributed by atoms with Gasteiger partial charge in [-0.2, -0.15) is 0 Å². The minimum Gasteiger partial charge on any atom is -0.493 e. The first-order valence-electron chi connectivity index (χ1n) is 10.0. The predicted octanol–water partition coefficient (Wildman–Crippen LogP) is 4.60. The van der Waals surface area contributed by atoms with Gasteiger partial charge < -0.3 is 23.5 Å². The molecule has 2 atom stereocenters. The monoisotopic (exact) mass is 371 g/mol. The van der Waals surface area contributed by atoms with Gasteiger partial charge in [0.2, 0.25) is 6.79 Å². The number of aryl methyl sites for hydroxylation is 1. The molecule has 3 heterocycles. The summed E-state index contributed by atoms with van der Waals surface area (Å²) in [7, 11) is 0. The number of nitrogens with zero attached hydrogens (tertiary/aromatic N) is 1. The van der Waals surface area contributed by atoms with Gasteiger partial charge >= 0.3 is 0 Å². The van der Waals surface area contributed by atoms with E-state index >= 15 is 0 Å². The van der Waals surface area contributed by atoms with Gasteiger partial charge in [0.15, 0.2) is 11.5 Å². The number of fused-ring (bicyclic) bond motifs is 1. The molecule has 1 fully saturated rings. The fourth-order valence-electron chi connectivity index (χ4n) is 4.06. The number of rotatable bonds is 7. The van der Waals surface area contributed by atoms with Crippen molar-refractivity contribution in [3.8, 4) is 17.2 Å². The van der Waals surface area contributed by atoms with Crippen LogP contribution in [0.4, 0.5) is 0 Å². The standard InChI is InChI=1S/C22H29NO4/c1-3-4-10-23-11-9-19(20-7-5-16(2)27-20)17(13-23)14-24-18-6-8-21-22(12-18)26-15-25-21/h5-8,12,17,19H,3-4,9-11,13-15H2,1-2H3. The molecule has 4 rings (SSSR count). The highest BCUT2D eigenvalue weighted by atomic mass is 16.7. The number of furan rings is 1. The number of likely N-dealkylation sites (tertiary alicyclic amines) is 1. The van der Waals surface area contributed by atoms with E-state index in [4.69, 9.17) is 18.6 Å². The average Bonchev–Trinajstić information content (AvgIpc) is 3.33. The van der Waals surface area contributed by atoms with E-state index in [9.17, 15) is 0 Å². The fraction of sp³-hybridized carbons (Fsp3) is 0.545. The van der Waals surface area contributed by atoms with Crippen LogP contribution in [0.25, 0.3) is 0 Å². The summed E-state index contributed by atoms with van der Waals surface area (Å²) in [5.74, 6) is 5.28. The first kappa shape index (κ1) is 18.2. The van der Waals surface area contributed by atoms with Crippen molar-refractivity contribution in [3.05, 3.63) is 41.9 Å². The molecule has 0 spiro atoms. The second kappa shape index (κ2) is 8.26. The average molecular weight is 371 g/mol. The van der Waals surface area contributed by atoms with Crippen molar-refractivity contribution < 1.29 is 18.6 Å². The summed E-state index contributed by atoms with van der Waals surface area (Å²) in [6.45, 7) is 8.57. The van der Waals surface area contributed by atoms with Crippen molar-refractivity contribution >= 4 is 0 Å². The van der Waals surface area contributed by atoms with E-state index in [-0.39, 0.29) is 6.79 Å². The third kappa shape index (κ3) is 4.24. The Balaban J connectivity index is 1.44. The van der Waals surface area contributed by atoms with Crippen LogP contribution in [-0.2, 0) is 0 Å². The maximum Gasteiger partial charge on any atom is 0.231 e. The van der Waals surface area contributed by atoms with Gasteiger partial charge in [-0.05, 0) is 57.1 Å². The lowest BCUT2D eigenvalue weighted by Crippen LogP contribution is -2.42. The Morgan fingerprint density at radius 1 is 1.15 bits per heavy atom. The van der Waals surface area contributed by atoms with E-state index in [1.54, 1.807) is 0 Å². The molecule has 2 aromatic rings. The largest absolute Gasteiger partial charge is 0.493 e. The third-order valence-electron chi connectivity index (χ3n) is 5.58. The van der Waals surface area contributed by atoms with E-state index in [2.05, 4.69) is 24.0 Å². The lowest BCUT2D eigenvalue weighted by Gasteiger charge is -2.37. The molecule has 1 aromatic heterocycles. The topological polar surface area (TPSA) is 44.1 Å². The molecule has 0 saturated carbocycles. The Hall–Kier alpha value is -2.14. The Morgan fingerprint density at radius 3 is 2.85 bits per heavy atom. The SMILES string of the molecule is CCCCN1CCC(c2ccc(C)o2)C(COc2ccc3c(c2)OCO3)C1. The predicted molar refractivity (Wildman–Crippen MR) is 104 cm³/mol. The van der Waals surface area contributed by atoms with Gasteiger partial charge in [-0.15, -0.1) is 0 Å². The summed E-state index contributed by atoms with van der Waals surface area (Å²) in [6, 6.07) is 9.99. The molecule has 2 aliphatic rings. The zero-order valence-corrected chi connectivity index (χ0v) is 16.3. The highest BCUT2D eigenvalue weighted by Gasteiger charge is 2.32. The van der Waals surface area contributed by atoms with Crippen molar-refractivity contribution in [1.82, 2.24) is 4.90 Å². The van der Waals surface area contributed by atoms with Crippen LogP contribution in [0.1, 0.15) is 43.6 Å². The van der Waals surface area contributed by atoms with Crippen molar-refractivity contribution in [2.75, 3.05) is 33.0 Å². The normalized spacial score (nSPS) is 22.1. The molecular weight excluding hydrogens is 342 g/mol. The first-order chi connectivity index (χ1) is 13.2. The van der Waals surface area contributed by atoms with E-state index in [1.165, 1.54) is 19.4 Å². The second-order valence-electron chi connectivity index (χ2n) is 7.58. The number of ether oxygens (including phenoxy) is 3. The van der Waals surface area contributed by atoms with Gasteiger partial charge in [0.25, 0.3) is 0 Å². The first-order valence-corrected chi connectivity index (χ1v) is 10.0. The van der Waals surface area contributed by atoms with Crippen molar-refractivity contribution in [3.63, 3.8) is 0 Å². The zero-order chi connectivity index (χ0) is 18.6. The molecule has 1 aromatic carbocycles. The number of piperidine rings is 1. The van der Waals surface area contributed by atoms with Crippen LogP contribution >= 0.6 is 0 Å². The van der Waals surface area contributed by atoms with Crippen molar-refractivity contribution in [2.45, 2.75) is 39.0 Å². The van der Waals surface area contributed by atoms with Gasteiger partial charge in [-0.1, -0.05) is 13.3 Å². The van der Waals surface area contributed by atoms with Gasteiger partial charge in [-0.25, -0.2) is 0 Å². The molecule has 0 bridgehead atoms. The van der Waals surface area contributed by atoms with Crippen LogP contribution in [0.15, 0.2) is 34.7 Å². The molecule has 0 aliphatic carbocycles. The molecule has 0 N–H and O–H groups in total. The summed E-state index contributed by atoms with van der Waals surface area (Å²) in [6.07, 6.45) is 3.60. The van der Waals surface area contributed by atoms with E-state index < -0.39 is 0 Å². The number of hydrogen-bond donors (Lipinski definition) is 0. The van der Waals surface area contributed by atoms with Gasteiger partial charge in [0.1, 0.15) is 17.3 Å². The summed E-state index contributed by atoms with van der Waals surface area (Å²) in [5, 5.41) is 0. The number of unbranched alkanes of at least 4 members (excludes halogenated alkanes) is 1. The molecule has 0 radical (unpaired) electrons. The van der Waals surface area contributed by atoms with E-state index in [0.29, 0.717) is 18.4 Å². The molecule has 2 unspecified atom stereocenters. The van der Waals surface area contributed by atoms with Gasteiger partial charge in [0.05, 0.1) is 6.61 Å². The number of benzene rings is 1. The minimum atomic E-state index is 0.285. The Morgan fingerprint density at radius 2 is 2.04 bits per heavy atom. The van der Waals surface area contributed by atoms with Crippen LogP contribution in [0.3, 0.4) is 0 Å². The molecule has 1 saturated heterocycles. The summed E-state index contributed by atoms with van der Waals surface area (Å²) in [5.41, 5.74) is 0. The van der Waals surface area contributed by atoms with Gasteiger partial charge in [0, 0.05) is 24.4 Å². The number of hydrogen-bond acceptors (Lipinski definition) is 5. The zero-order valence-electron chi connectivity index (χ0n) is 16.3. The second-order valence-corrected chi connectivity index (χ2v) is 7.58. The molecule has 2 aliphatic heterocycles. The Labute approximate surface area is 161 Å². The van der Waals surface area contributed by atoms with Crippen molar-refractivity contribution in [2.24, 2.45) is 5.92 Å². The fourth-order valence-corrected chi connectivity index (χ4v) is 4.06. The molecule has 27 heavy (non-hydrogen) atoms. The maximum absolute atomic E-state index is 6.18. The summed E-state index contributed by atoms with van der Waals surface area (Å²) < 4.78 is 23.0. The maximum atomic E-state index is 6.18. The highest BCUT2D eigenvalue weighted by Crippen LogP contribution is 2.37. The Kier molecular flexibility index (Phi) is 5.58. The van der Waals surface area contributed by atoms with E-state index in [0.717, 1.165) is 48.3 Å². The quantitative estimate of drug-likeness (QED) is 0.712. The smallest absolute Gasteiger partial charge is 0.231 e. The van der Waals surface area contributed by atoms with Crippen LogP contribution in [-0.4, -0.2) is 37.9 Å². The van der Waals surface area contributed by atoms with Crippen LogP contribution in [0.5, 0.6) is 17.2 Å². The molecule has 0 amide bonds. The van der Waals surface area contributed by atoms with Crippen LogP contribution in [0, 0.1) is 12.8 Å². The molecule has 5 nitrogen and oxygen atoms in total. The molecule has 5 heteroatoms. The van der Waals surface area contributed by atoms with Crippen LogP contribution < -0.4 is 14.2 Å². The summed E-state index contributed by atoms with van der Waals surface area (Å²) in [4.78, 5) is 2.57. The lowest BCUT2D eigenvalue weighted by molar-refractivity contribution is 0.101. The third-order valence-corrected chi connectivity index (χ3v) is 5.58. The summed E-state index contributed by atoms with van der Waals surface area (Å²) >= 11 is 0. The van der Waals surface area contributed by atoms with E-state index in [1.807, 2.05) is 25.1 Å². The van der Waals surface area contributed by atoms with Crippen LogP contribution in [0.2, 0.25) is 0 Å². The molecular formula is C22H29NO4. The minimum absolute atomic E-state index is 0.285.